The molecule has 0 radical (unpaired) electrons. The lowest BCUT2D eigenvalue weighted by atomic mass is 10.1. The van der Waals surface area contributed by atoms with E-state index in [0.29, 0.717) is 18.5 Å². The van der Waals surface area contributed by atoms with Gasteiger partial charge in [-0.1, -0.05) is 19.8 Å². The SMILES string of the molecule is CCCCC(C)Nc1cc(OCC)ncn1. The molecule has 1 aromatic heterocycles. The Labute approximate surface area is 97.5 Å². The van der Waals surface area contributed by atoms with Gasteiger partial charge in [-0.15, -0.1) is 0 Å². The Hall–Kier alpha value is -1.32. The topological polar surface area (TPSA) is 47.0 Å². The normalized spacial score (nSPS) is 12.2. The maximum absolute atomic E-state index is 5.32. The molecule has 1 rings (SSSR count). The van der Waals surface area contributed by atoms with E-state index in [9.17, 15) is 0 Å². The zero-order valence-electron chi connectivity index (χ0n) is 10.4. The molecule has 1 heterocycles. The number of ether oxygens (including phenoxy) is 1. The summed E-state index contributed by atoms with van der Waals surface area (Å²) in [4.78, 5) is 8.19. The van der Waals surface area contributed by atoms with Gasteiger partial charge in [-0.2, -0.15) is 0 Å². The molecule has 1 unspecified atom stereocenters. The minimum absolute atomic E-state index is 0.435. The van der Waals surface area contributed by atoms with Gasteiger partial charge in [0.05, 0.1) is 6.61 Å². The standard InChI is InChI=1S/C12H21N3O/c1-4-6-7-10(3)15-11-8-12(16-5-2)14-9-13-11/h8-10H,4-7H2,1-3H3,(H,13,14,15). The summed E-state index contributed by atoms with van der Waals surface area (Å²) in [5.41, 5.74) is 0. The Kier molecular flexibility index (Phi) is 5.61. The van der Waals surface area contributed by atoms with Gasteiger partial charge in [0.1, 0.15) is 12.1 Å². The van der Waals surface area contributed by atoms with E-state index in [-0.39, 0.29) is 0 Å². The zero-order valence-corrected chi connectivity index (χ0v) is 10.4. The van der Waals surface area contributed by atoms with Crippen LogP contribution in [0, 0.1) is 0 Å². The van der Waals surface area contributed by atoms with E-state index in [1.54, 1.807) is 0 Å². The maximum atomic E-state index is 5.32. The first-order valence-electron chi connectivity index (χ1n) is 5.97. The van der Waals surface area contributed by atoms with Crippen molar-refractivity contribution in [1.82, 2.24) is 9.97 Å². The number of anilines is 1. The molecule has 0 saturated carbocycles. The van der Waals surface area contributed by atoms with Crippen molar-refractivity contribution in [3.05, 3.63) is 12.4 Å². The zero-order chi connectivity index (χ0) is 11.8. The molecule has 0 aliphatic carbocycles. The summed E-state index contributed by atoms with van der Waals surface area (Å²) in [7, 11) is 0. The number of nitrogens with zero attached hydrogens (tertiary/aromatic N) is 2. The second-order valence-corrected chi connectivity index (χ2v) is 3.86. The smallest absolute Gasteiger partial charge is 0.218 e. The third-order valence-corrected chi connectivity index (χ3v) is 2.32. The van der Waals surface area contributed by atoms with Gasteiger partial charge >= 0.3 is 0 Å². The summed E-state index contributed by atoms with van der Waals surface area (Å²) < 4.78 is 5.32. The summed E-state index contributed by atoms with van der Waals surface area (Å²) in [5.74, 6) is 1.46. The monoisotopic (exact) mass is 223 g/mol. The van der Waals surface area contributed by atoms with E-state index < -0.39 is 0 Å². The first-order chi connectivity index (χ1) is 7.76. The Balaban J connectivity index is 2.49. The van der Waals surface area contributed by atoms with Crippen molar-refractivity contribution >= 4 is 5.82 Å². The number of hydrogen-bond donors (Lipinski definition) is 1. The van der Waals surface area contributed by atoms with Crippen LogP contribution in [0.4, 0.5) is 5.82 Å². The summed E-state index contributed by atoms with van der Waals surface area (Å²) in [6.45, 7) is 6.93. The minimum atomic E-state index is 0.435. The lowest BCUT2D eigenvalue weighted by Gasteiger charge is -2.14. The summed E-state index contributed by atoms with van der Waals surface area (Å²) in [6, 6.07) is 2.27. The van der Waals surface area contributed by atoms with Crippen LogP contribution in [0.1, 0.15) is 40.0 Å². The molecule has 0 bridgehead atoms. The lowest BCUT2D eigenvalue weighted by molar-refractivity contribution is 0.326. The van der Waals surface area contributed by atoms with Crippen molar-refractivity contribution in [2.75, 3.05) is 11.9 Å². The molecule has 1 N–H and O–H groups in total. The van der Waals surface area contributed by atoms with Gasteiger partial charge < -0.3 is 10.1 Å². The van der Waals surface area contributed by atoms with Crippen molar-refractivity contribution < 1.29 is 4.74 Å². The molecule has 1 atom stereocenters. The van der Waals surface area contributed by atoms with Crippen molar-refractivity contribution in [2.45, 2.75) is 46.1 Å². The fraction of sp³-hybridized carbons (Fsp3) is 0.667. The van der Waals surface area contributed by atoms with E-state index in [1.807, 2.05) is 13.0 Å². The van der Waals surface area contributed by atoms with Crippen molar-refractivity contribution in [3.63, 3.8) is 0 Å². The second kappa shape index (κ2) is 7.04. The molecule has 0 aliphatic heterocycles. The predicted molar refractivity (Wildman–Crippen MR) is 65.8 cm³/mol. The molecule has 0 aromatic carbocycles. The maximum Gasteiger partial charge on any atom is 0.218 e. The Morgan fingerprint density at radius 1 is 1.38 bits per heavy atom. The number of aromatic nitrogens is 2. The van der Waals surface area contributed by atoms with E-state index in [0.717, 1.165) is 12.2 Å². The van der Waals surface area contributed by atoms with Crippen LogP contribution in [-0.4, -0.2) is 22.6 Å². The third kappa shape index (κ3) is 4.47. The minimum Gasteiger partial charge on any atom is -0.478 e. The van der Waals surface area contributed by atoms with Gasteiger partial charge in [0, 0.05) is 12.1 Å². The van der Waals surface area contributed by atoms with Gasteiger partial charge in [0.25, 0.3) is 0 Å². The van der Waals surface area contributed by atoms with E-state index >= 15 is 0 Å². The fourth-order valence-corrected chi connectivity index (χ4v) is 1.48. The van der Waals surface area contributed by atoms with Crippen LogP contribution in [0.2, 0.25) is 0 Å². The van der Waals surface area contributed by atoms with Gasteiger partial charge in [0.2, 0.25) is 5.88 Å². The highest BCUT2D eigenvalue weighted by atomic mass is 16.5. The van der Waals surface area contributed by atoms with Crippen LogP contribution in [0.15, 0.2) is 12.4 Å². The van der Waals surface area contributed by atoms with Gasteiger partial charge in [-0.3, -0.25) is 0 Å². The van der Waals surface area contributed by atoms with E-state index in [1.165, 1.54) is 19.2 Å². The molecular weight excluding hydrogens is 202 g/mol. The average Bonchev–Trinajstić information content (AvgIpc) is 2.27. The highest BCUT2D eigenvalue weighted by molar-refractivity contribution is 5.37. The van der Waals surface area contributed by atoms with Gasteiger partial charge in [-0.25, -0.2) is 9.97 Å². The van der Waals surface area contributed by atoms with E-state index in [2.05, 4.69) is 29.1 Å². The Bertz CT molecular complexity index is 304. The molecule has 0 fully saturated rings. The number of unbranched alkanes of at least 4 members (excludes halogenated alkanes) is 1. The number of hydrogen-bond acceptors (Lipinski definition) is 4. The molecule has 4 nitrogen and oxygen atoms in total. The lowest BCUT2D eigenvalue weighted by Crippen LogP contribution is -2.15. The fourth-order valence-electron chi connectivity index (χ4n) is 1.48. The summed E-state index contributed by atoms with van der Waals surface area (Å²) in [5, 5.41) is 3.34. The van der Waals surface area contributed by atoms with Crippen molar-refractivity contribution in [1.29, 1.82) is 0 Å². The first kappa shape index (κ1) is 12.7. The molecule has 1 aromatic rings. The highest BCUT2D eigenvalue weighted by Crippen LogP contribution is 2.13. The molecular formula is C12H21N3O. The first-order valence-corrected chi connectivity index (χ1v) is 5.97. The van der Waals surface area contributed by atoms with Crippen LogP contribution in [0.25, 0.3) is 0 Å². The van der Waals surface area contributed by atoms with Gasteiger partial charge in [0.15, 0.2) is 0 Å². The van der Waals surface area contributed by atoms with Gasteiger partial charge in [-0.05, 0) is 20.3 Å². The third-order valence-electron chi connectivity index (χ3n) is 2.32. The Morgan fingerprint density at radius 2 is 2.19 bits per heavy atom. The van der Waals surface area contributed by atoms with Crippen molar-refractivity contribution in [2.24, 2.45) is 0 Å². The average molecular weight is 223 g/mol. The molecule has 0 amide bonds. The van der Waals surface area contributed by atoms with Crippen LogP contribution >= 0.6 is 0 Å². The summed E-state index contributed by atoms with van der Waals surface area (Å²) in [6.07, 6.45) is 5.14. The van der Waals surface area contributed by atoms with E-state index in [4.69, 9.17) is 4.74 Å². The molecule has 0 saturated heterocycles. The molecule has 4 heteroatoms. The van der Waals surface area contributed by atoms with Crippen LogP contribution in [-0.2, 0) is 0 Å². The number of nitrogens with one attached hydrogen (secondary N) is 1. The molecule has 90 valence electrons. The van der Waals surface area contributed by atoms with Crippen molar-refractivity contribution in [3.8, 4) is 5.88 Å². The molecule has 0 aliphatic rings. The van der Waals surface area contributed by atoms with Crippen LogP contribution < -0.4 is 10.1 Å². The number of rotatable bonds is 7. The quantitative estimate of drug-likeness (QED) is 0.772. The van der Waals surface area contributed by atoms with Crippen LogP contribution in [0.3, 0.4) is 0 Å². The predicted octanol–water partition coefficient (Wildman–Crippen LogP) is 2.87. The highest BCUT2D eigenvalue weighted by Gasteiger charge is 2.03. The largest absolute Gasteiger partial charge is 0.478 e. The summed E-state index contributed by atoms with van der Waals surface area (Å²) >= 11 is 0. The molecule has 16 heavy (non-hydrogen) atoms. The molecule has 0 spiro atoms. The second-order valence-electron chi connectivity index (χ2n) is 3.86. The van der Waals surface area contributed by atoms with Crippen LogP contribution in [0.5, 0.6) is 5.88 Å². The Morgan fingerprint density at radius 3 is 2.88 bits per heavy atom.